The van der Waals surface area contributed by atoms with Gasteiger partial charge in [-0.25, -0.2) is 0 Å². The molecule has 22 heavy (non-hydrogen) atoms. The summed E-state index contributed by atoms with van der Waals surface area (Å²) in [6.07, 6.45) is 6.19. The summed E-state index contributed by atoms with van der Waals surface area (Å²) in [5.41, 5.74) is 7.11. The maximum Gasteiger partial charge on any atom is 0.257 e. The molecule has 1 aliphatic rings. The Hall–Kier alpha value is -1.79. The number of hydrogen-bond donors (Lipinski definition) is 2. The predicted octanol–water partition coefficient (Wildman–Crippen LogP) is 3.30. The van der Waals surface area contributed by atoms with E-state index in [1.54, 1.807) is 6.07 Å². The van der Waals surface area contributed by atoms with Gasteiger partial charge in [0.15, 0.2) is 0 Å². The van der Waals surface area contributed by atoms with Crippen LogP contribution in [0.3, 0.4) is 0 Å². The molecule has 0 spiro atoms. The molecule has 1 aliphatic carbocycles. The molecular formula is C16H20N4OS. The fourth-order valence-corrected chi connectivity index (χ4v) is 3.79. The average molecular weight is 316 g/mol. The standard InChI is InChI=1S/C16H20N4OS/c17-10-12-8-4-5-9-13(12)14(21)18-16-20-19-15(22-16)11-6-2-1-3-7-11/h4-5,8-9,11H,1-3,6-7,10,17H2,(H,18,20,21). The van der Waals surface area contributed by atoms with Crippen LogP contribution in [0.15, 0.2) is 24.3 Å². The number of nitrogens with two attached hydrogens (primary N) is 1. The van der Waals surface area contributed by atoms with Crippen LogP contribution < -0.4 is 11.1 Å². The topological polar surface area (TPSA) is 80.9 Å². The van der Waals surface area contributed by atoms with Gasteiger partial charge in [-0.1, -0.05) is 48.8 Å². The van der Waals surface area contributed by atoms with Crippen molar-refractivity contribution >= 4 is 22.4 Å². The molecule has 0 unspecified atom stereocenters. The molecule has 3 N–H and O–H groups in total. The number of nitrogens with one attached hydrogen (secondary N) is 1. The normalized spacial score (nSPS) is 15.7. The van der Waals surface area contributed by atoms with Crippen LogP contribution in [0.2, 0.25) is 0 Å². The fraction of sp³-hybridized carbons (Fsp3) is 0.438. The van der Waals surface area contributed by atoms with Gasteiger partial charge in [0.05, 0.1) is 0 Å². The number of rotatable bonds is 4. The third-order valence-corrected chi connectivity index (χ3v) is 5.10. The van der Waals surface area contributed by atoms with Crippen molar-refractivity contribution < 1.29 is 4.79 Å². The maximum atomic E-state index is 12.4. The molecule has 0 atom stereocenters. The highest BCUT2D eigenvalue weighted by molar-refractivity contribution is 7.15. The minimum atomic E-state index is -0.174. The van der Waals surface area contributed by atoms with Crippen LogP contribution in [-0.2, 0) is 6.54 Å². The third kappa shape index (κ3) is 3.34. The molecule has 1 aromatic carbocycles. The number of aromatic nitrogens is 2. The van der Waals surface area contributed by atoms with E-state index in [4.69, 9.17) is 5.73 Å². The molecule has 1 fully saturated rings. The minimum Gasteiger partial charge on any atom is -0.326 e. The van der Waals surface area contributed by atoms with E-state index in [-0.39, 0.29) is 5.91 Å². The Morgan fingerprint density at radius 1 is 1.23 bits per heavy atom. The van der Waals surface area contributed by atoms with Gasteiger partial charge in [-0.05, 0) is 24.5 Å². The zero-order valence-corrected chi connectivity index (χ0v) is 13.2. The van der Waals surface area contributed by atoms with Gasteiger partial charge in [-0.15, -0.1) is 10.2 Å². The van der Waals surface area contributed by atoms with Crippen LogP contribution in [0.25, 0.3) is 0 Å². The molecule has 5 nitrogen and oxygen atoms in total. The summed E-state index contributed by atoms with van der Waals surface area (Å²) in [5.74, 6) is 0.334. The molecule has 3 rings (SSSR count). The summed E-state index contributed by atoms with van der Waals surface area (Å²) < 4.78 is 0. The molecule has 1 heterocycles. The molecule has 0 bridgehead atoms. The first-order valence-electron chi connectivity index (χ1n) is 7.70. The molecule has 0 aliphatic heterocycles. The van der Waals surface area contributed by atoms with Crippen molar-refractivity contribution in [1.82, 2.24) is 10.2 Å². The molecule has 1 saturated carbocycles. The van der Waals surface area contributed by atoms with Crippen molar-refractivity contribution in [2.24, 2.45) is 5.73 Å². The highest BCUT2D eigenvalue weighted by atomic mass is 32.1. The van der Waals surface area contributed by atoms with Crippen LogP contribution in [0.1, 0.15) is 59.0 Å². The van der Waals surface area contributed by atoms with Crippen LogP contribution >= 0.6 is 11.3 Å². The molecule has 0 saturated heterocycles. The number of hydrogen-bond acceptors (Lipinski definition) is 5. The number of nitrogens with zero attached hydrogens (tertiary/aromatic N) is 2. The van der Waals surface area contributed by atoms with Gasteiger partial charge in [0.25, 0.3) is 5.91 Å². The van der Waals surface area contributed by atoms with E-state index in [0.717, 1.165) is 10.6 Å². The molecule has 0 radical (unpaired) electrons. The largest absolute Gasteiger partial charge is 0.326 e. The number of anilines is 1. The van der Waals surface area contributed by atoms with Crippen molar-refractivity contribution in [3.63, 3.8) is 0 Å². The average Bonchev–Trinajstić information content (AvgIpc) is 3.04. The van der Waals surface area contributed by atoms with Gasteiger partial charge in [-0.3, -0.25) is 10.1 Å². The molecule has 2 aromatic rings. The Kier molecular flexibility index (Phi) is 4.80. The van der Waals surface area contributed by atoms with Crippen molar-refractivity contribution in [3.05, 3.63) is 40.4 Å². The van der Waals surface area contributed by atoms with Crippen LogP contribution in [0.4, 0.5) is 5.13 Å². The highest BCUT2D eigenvalue weighted by Crippen LogP contribution is 2.35. The van der Waals surface area contributed by atoms with Crippen molar-refractivity contribution in [3.8, 4) is 0 Å². The second-order valence-electron chi connectivity index (χ2n) is 5.60. The van der Waals surface area contributed by atoms with Crippen molar-refractivity contribution in [1.29, 1.82) is 0 Å². The minimum absolute atomic E-state index is 0.174. The van der Waals surface area contributed by atoms with Crippen LogP contribution in [-0.4, -0.2) is 16.1 Å². The molecule has 6 heteroatoms. The van der Waals surface area contributed by atoms with Crippen molar-refractivity contribution in [2.45, 2.75) is 44.6 Å². The molecular weight excluding hydrogens is 296 g/mol. The van der Waals surface area contributed by atoms with E-state index < -0.39 is 0 Å². The van der Waals surface area contributed by atoms with E-state index in [0.29, 0.717) is 23.2 Å². The first-order chi connectivity index (χ1) is 10.8. The van der Waals surface area contributed by atoms with Gasteiger partial charge in [0.2, 0.25) is 5.13 Å². The van der Waals surface area contributed by atoms with Crippen LogP contribution in [0, 0.1) is 0 Å². The van der Waals surface area contributed by atoms with Gasteiger partial charge < -0.3 is 5.73 Å². The Bertz CT molecular complexity index is 649. The van der Waals surface area contributed by atoms with Crippen molar-refractivity contribution in [2.75, 3.05) is 5.32 Å². The number of carbonyl (C=O) groups excluding carboxylic acids is 1. The van der Waals surface area contributed by atoms with Gasteiger partial charge in [0, 0.05) is 18.0 Å². The zero-order chi connectivity index (χ0) is 15.4. The highest BCUT2D eigenvalue weighted by Gasteiger charge is 2.20. The van der Waals surface area contributed by atoms with Crippen LogP contribution in [0.5, 0.6) is 0 Å². The summed E-state index contributed by atoms with van der Waals surface area (Å²) in [5, 5.41) is 12.8. The van der Waals surface area contributed by atoms with E-state index in [9.17, 15) is 4.79 Å². The molecule has 116 valence electrons. The number of carbonyl (C=O) groups is 1. The summed E-state index contributed by atoms with van der Waals surface area (Å²) in [6, 6.07) is 7.36. The first-order valence-corrected chi connectivity index (χ1v) is 8.52. The van der Waals surface area contributed by atoms with E-state index in [1.165, 1.54) is 43.4 Å². The molecule has 1 aromatic heterocycles. The maximum absolute atomic E-state index is 12.4. The Morgan fingerprint density at radius 3 is 2.77 bits per heavy atom. The third-order valence-electron chi connectivity index (χ3n) is 4.10. The monoisotopic (exact) mass is 316 g/mol. The summed E-state index contributed by atoms with van der Waals surface area (Å²) >= 11 is 1.49. The smallest absolute Gasteiger partial charge is 0.257 e. The lowest BCUT2D eigenvalue weighted by atomic mass is 9.90. The quantitative estimate of drug-likeness (QED) is 0.907. The van der Waals surface area contributed by atoms with E-state index >= 15 is 0 Å². The van der Waals surface area contributed by atoms with E-state index in [2.05, 4.69) is 15.5 Å². The lowest BCUT2D eigenvalue weighted by Crippen LogP contribution is -2.15. The Morgan fingerprint density at radius 2 is 2.00 bits per heavy atom. The number of amides is 1. The Labute approximate surface area is 134 Å². The summed E-state index contributed by atoms with van der Waals surface area (Å²) in [7, 11) is 0. The lowest BCUT2D eigenvalue weighted by Gasteiger charge is -2.18. The number of benzene rings is 1. The summed E-state index contributed by atoms with van der Waals surface area (Å²) in [4.78, 5) is 12.4. The van der Waals surface area contributed by atoms with Gasteiger partial charge in [0.1, 0.15) is 5.01 Å². The zero-order valence-electron chi connectivity index (χ0n) is 12.4. The lowest BCUT2D eigenvalue weighted by molar-refractivity contribution is 0.102. The SMILES string of the molecule is NCc1ccccc1C(=O)Nc1nnc(C2CCCCC2)s1. The van der Waals surface area contributed by atoms with E-state index in [1.807, 2.05) is 18.2 Å². The summed E-state index contributed by atoms with van der Waals surface area (Å²) in [6.45, 7) is 0.340. The second kappa shape index (κ2) is 6.98. The molecule has 1 amide bonds. The Balaban J connectivity index is 1.70. The van der Waals surface area contributed by atoms with Gasteiger partial charge in [-0.2, -0.15) is 0 Å². The second-order valence-corrected chi connectivity index (χ2v) is 6.60. The fourth-order valence-electron chi connectivity index (χ4n) is 2.88. The van der Waals surface area contributed by atoms with Gasteiger partial charge >= 0.3 is 0 Å². The predicted molar refractivity (Wildman–Crippen MR) is 88.0 cm³/mol. The first kappa shape index (κ1) is 15.1.